The lowest BCUT2D eigenvalue weighted by Crippen LogP contribution is -2.30. The predicted octanol–water partition coefficient (Wildman–Crippen LogP) is 3.56. The fourth-order valence-corrected chi connectivity index (χ4v) is 4.90. The molecule has 1 unspecified atom stereocenters. The molecule has 0 radical (unpaired) electrons. The summed E-state index contributed by atoms with van der Waals surface area (Å²) in [6, 6.07) is 10.4. The highest BCUT2D eigenvalue weighted by atomic mass is 35.5. The molecule has 2 amide bonds. The van der Waals surface area contributed by atoms with E-state index in [4.69, 9.17) is 23.2 Å². The van der Waals surface area contributed by atoms with Gasteiger partial charge in [0, 0.05) is 10.6 Å². The number of amides is 2. The van der Waals surface area contributed by atoms with Crippen molar-refractivity contribution in [1.29, 1.82) is 0 Å². The summed E-state index contributed by atoms with van der Waals surface area (Å²) in [5, 5.41) is 3.39. The average molecular weight is 413 g/mol. The van der Waals surface area contributed by atoms with Crippen LogP contribution >= 0.6 is 23.2 Å². The second-order valence-electron chi connectivity index (χ2n) is 5.91. The Balaban J connectivity index is 1.81. The fraction of sp³-hybridized carbons (Fsp3) is 0.176. The number of rotatable bonds is 3. The van der Waals surface area contributed by atoms with Crippen molar-refractivity contribution < 1.29 is 18.0 Å². The molecule has 1 heterocycles. The normalized spacial score (nSPS) is 18.8. The molecule has 1 aliphatic rings. The number of anilines is 2. The Bertz CT molecular complexity index is 990. The summed E-state index contributed by atoms with van der Waals surface area (Å²) in [5.41, 5.74) is 0.897. The highest BCUT2D eigenvalue weighted by Gasteiger charge is 2.41. The maximum Gasteiger partial charge on any atom is 0.255 e. The Morgan fingerprint density at radius 3 is 2.35 bits per heavy atom. The molecule has 1 atom stereocenters. The number of halogens is 2. The smallest absolute Gasteiger partial charge is 0.255 e. The van der Waals surface area contributed by atoms with Crippen molar-refractivity contribution in [3.63, 3.8) is 0 Å². The molecule has 0 aliphatic carbocycles. The SMILES string of the molecule is CC1CS(=O)(=O)N(c2ccc(C(=O)Nc3ccc(Cl)cc3Cl)cc2)C1=O. The van der Waals surface area contributed by atoms with Crippen LogP contribution in [0.25, 0.3) is 0 Å². The van der Waals surface area contributed by atoms with E-state index in [0.717, 1.165) is 4.31 Å². The van der Waals surface area contributed by atoms with Crippen molar-refractivity contribution in [3.05, 3.63) is 58.1 Å². The van der Waals surface area contributed by atoms with Crippen LogP contribution in [0, 0.1) is 5.92 Å². The standard InChI is InChI=1S/C17H14Cl2N2O4S/c1-10-9-26(24,25)21(17(10)23)13-5-2-11(3-6-13)16(22)20-15-7-4-12(18)8-14(15)19/h2-8,10H,9H2,1H3,(H,20,22). The molecule has 1 aliphatic heterocycles. The van der Waals surface area contributed by atoms with Crippen molar-refractivity contribution >= 4 is 56.4 Å². The minimum absolute atomic E-state index is 0.209. The van der Waals surface area contributed by atoms with Gasteiger partial charge in [-0.25, -0.2) is 12.7 Å². The first kappa shape index (κ1) is 18.7. The van der Waals surface area contributed by atoms with Crippen molar-refractivity contribution in [2.45, 2.75) is 6.92 Å². The summed E-state index contributed by atoms with van der Waals surface area (Å²) in [4.78, 5) is 24.4. The summed E-state index contributed by atoms with van der Waals surface area (Å²) in [7, 11) is -3.68. The van der Waals surface area contributed by atoms with Crippen LogP contribution in [0.4, 0.5) is 11.4 Å². The van der Waals surface area contributed by atoms with E-state index in [1.54, 1.807) is 19.1 Å². The van der Waals surface area contributed by atoms with Crippen LogP contribution in [0.15, 0.2) is 42.5 Å². The average Bonchev–Trinajstić information content (AvgIpc) is 2.77. The van der Waals surface area contributed by atoms with Crippen LogP contribution in [0.2, 0.25) is 10.0 Å². The largest absolute Gasteiger partial charge is 0.321 e. The molecular formula is C17H14Cl2N2O4S. The number of hydrogen-bond donors (Lipinski definition) is 1. The van der Waals surface area contributed by atoms with Crippen LogP contribution in [-0.4, -0.2) is 26.0 Å². The zero-order valence-electron chi connectivity index (χ0n) is 13.6. The van der Waals surface area contributed by atoms with E-state index in [-0.39, 0.29) is 17.0 Å². The third kappa shape index (κ3) is 3.56. The van der Waals surface area contributed by atoms with Crippen molar-refractivity contribution in [1.82, 2.24) is 0 Å². The number of nitrogens with zero attached hydrogens (tertiary/aromatic N) is 1. The molecule has 1 saturated heterocycles. The van der Waals surface area contributed by atoms with Crippen LogP contribution in [-0.2, 0) is 14.8 Å². The van der Waals surface area contributed by atoms with Crippen molar-refractivity contribution in [3.8, 4) is 0 Å². The maximum absolute atomic E-state index is 12.3. The van der Waals surface area contributed by atoms with Crippen molar-refractivity contribution in [2.75, 3.05) is 15.4 Å². The van der Waals surface area contributed by atoms with Gasteiger partial charge in [0.1, 0.15) is 0 Å². The Labute approximate surface area is 160 Å². The number of carbonyl (C=O) groups excluding carboxylic acids is 2. The third-order valence-electron chi connectivity index (χ3n) is 3.90. The van der Waals surface area contributed by atoms with Gasteiger partial charge in [-0.3, -0.25) is 9.59 Å². The lowest BCUT2D eigenvalue weighted by atomic mass is 10.1. The number of carbonyl (C=O) groups is 2. The van der Waals surface area contributed by atoms with Gasteiger partial charge >= 0.3 is 0 Å². The highest BCUT2D eigenvalue weighted by Crippen LogP contribution is 2.29. The summed E-state index contributed by atoms with van der Waals surface area (Å²) in [6.07, 6.45) is 0. The molecule has 136 valence electrons. The van der Waals surface area contributed by atoms with Gasteiger partial charge in [0.05, 0.1) is 28.1 Å². The molecule has 2 aromatic rings. The first-order valence-corrected chi connectivity index (χ1v) is 9.99. The predicted molar refractivity (Wildman–Crippen MR) is 101 cm³/mol. The van der Waals surface area contributed by atoms with E-state index in [1.165, 1.54) is 30.3 Å². The zero-order chi connectivity index (χ0) is 19.1. The lowest BCUT2D eigenvalue weighted by Gasteiger charge is -2.15. The minimum atomic E-state index is -3.68. The monoisotopic (exact) mass is 412 g/mol. The Hall–Kier alpha value is -2.09. The fourth-order valence-electron chi connectivity index (χ4n) is 2.62. The summed E-state index contributed by atoms with van der Waals surface area (Å²) in [6.45, 7) is 1.57. The minimum Gasteiger partial charge on any atom is -0.321 e. The Kier molecular flexibility index (Phi) is 4.96. The Morgan fingerprint density at radius 1 is 1.15 bits per heavy atom. The van der Waals surface area contributed by atoms with Gasteiger partial charge < -0.3 is 5.32 Å². The van der Waals surface area contributed by atoms with E-state index in [2.05, 4.69) is 5.32 Å². The number of nitrogens with one attached hydrogen (secondary N) is 1. The number of benzene rings is 2. The molecule has 3 rings (SSSR count). The van der Waals surface area contributed by atoms with E-state index in [1.807, 2.05) is 0 Å². The van der Waals surface area contributed by atoms with Crippen LogP contribution in [0.5, 0.6) is 0 Å². The molecule has 6 nitrogen and oxygen atoms in total. The molecule has 1 N–H and O–H groups in total. The molecule has 9 heteroatoms. The maximum atomic E-state index is 12.3. The molecule has 26 heavy (non-hydrogen) atoms. The molecule has 0 spiro atoms. The summed E-state index contributed by atoms with van der Waals surface area (Å²) >= 11 is 11.8. The topological polar surface area (TPSA) is 83.6 Å². The first-order valence-electron chi connectivity index (χ1n) is 7.62. The van der Waals surface area contributed by atoms with E-state index in [0.29, 0.717) is 15.7 Å². The summed E-state index contributed by atoms with van der Waals surface area (Å²) < 4.78 is 25.0. The zero-order valence-corrected chi connectivity index (χ0v) is 15.9. The summed E-state index contributed by atoms with van der Waals surface area (Å²) in [5.74, 6) is -1.71. The van der Waals surface area contributed by atoms with Gasteiger partial charge in [0.25, 0.3) is 5.91 Å². The lowest BCUT2D eigenvalue weighted by molar-refractivity contribution is -0.119. The van der Waals surface area contributed by atoms with Gasteiger partial charge in [-0.1, -0.05) is 30.1 Å². The van der Waals surface area contributed by atoms with Gasteiger partial charge in [-0.15, -0.1) is 0 Å². The van der Waals surface area contributed by atoms with E-state index >= 15 is 0 Å². The molecule has 0 aromatic heterocycles. The van der Waals surface area contributed by atoms with Crippen LogP contribution in [0.1, 0.15) is 17.3 Å². The van der Waals surface area contributed by atoms with Crippen molar-refractivity contribution in [2.24, 2.45) is 5.92 Å². The molecular weight excluding hydrogens is 399 g/mol. The molecule has 0 saturated carbocycles. The van der Waals surface area contributed by atoms with E-state index < -0.39 is 27.8 Å². The van der Waals surface area contributed by atoms with Gasteiger partial charge in [0.2, 0.25) is 15.9 Å². The first-order chi connectivity index (χ1) is 12.2. The van der Waals surface area contributed by atoms with Crippen LogP contribution in [0.3, 0.4) is 0 Å². The molecule has 1 fully saturated rings. The highest BCUT2D eigenvalue weighted by molar-refractivity contribution is 7.94. The molecule has 2 aromatic carbocycles. The van der Waals surface area contributed by atoms with Gasteiger partial charge in [-0.05, 0) is 42.5 Å². The quantitative estimate of drug-likeness (QED) is 0.834. The van der Waals surface area contributed by atoms with Gasteiger partial charge in [0.15, 0.2) is 0 Å². The van der Waals surface area contributed by atoms with Gasteiger partial charge in [-0.2, -0.15) is 0 Å². The molecule has 0 bridgehead atoms. The number of sulfonamides is 1. The van der Waals surface area contributed by atoms with Crippen LogP contribution < -0.4 is 9.62 Å². The number of hydrogen-bond acceptors (Lipinski definition) is 4. The second-order valence-corrected chi connectivity index (χ2v) is 8.61. The second kappa shape index (κ2) is 6.90. The van der Waals surface area contributed by atoms with E-state index in [9.17, 15) is 18.0 Å². The Morgan fingerprint density at radius 2 is 1.81 bits per heavy atom. The third-order valence-corrected chi connectivity index (χ3v) is 6.32.